The highest BCUT2D eigenvalue weighted by Gasteiger charge is 2.63. The molecular formula is C35H43N5O7. The molecule has 6 rings (SSSR count). The Bertz CT molecular complexity index is 1690. The van der Waals surface area contributed by atoms with Crippen molar-refractivity contribution >= 4 is 28.8 Å². The highest BCUT2D eigenvalue weighted by Crippen LogP contribution is 2.54. The second-order valence-corrected chi connectivity index (χ2v) is 13.7. The third-order valence-electron chi connectivity index (χ3n) is 10.4. The molecule has 1 amide bonds. The highest BCUT2D eigenvalue weighted by atomic mass is 16.3. The number of carbonyl (C=O) groups is 3. The number of carbonyl (C=O) groups excluding carboxylic acids is 3. The number of likely N-dealkylation sites (N-methyl/N-ethyl adjacent to an activating group) is 1. The maximum atomic E-state index is 14.3. The molecule has 7 N–H and O–H groups in total. The monoisotopic (exact) mass is 645 g/mol. The molecular weight excluding hydrogens is 602 g/mol. The number of nitrogens with one attached hydrogen (secondary N) is 1. The van der Waals surface area contributed by atoms with Crippen LogP contribution >= 0.6 is 0 Å². The number of piperidine rings is 1. The van der Waals surface area contributed by atoms with Crippen molar-refractivity contribution < 1.29 is 34.8 Å². The number of anilines is 2. The number of hydrogen-bond donors (Lipinski definition) is 6. The molecule has 1 aliphatic heterocycles. The Hall–Kier alpha value is -4.39. The zero-order valence-corrected chi connectivity index (χ0v) is 27.2. The molecule has 0 bridgehead atoms. The predicted octanol–water partition coefficient (Wildman–Crippen LogP) is 2.26. The predicted molar refractivity (Wildman–Crippen MR) is 176 cm³/mol. The Morgan fingerprint density at radius 1 is 1.06 bits per heavy atom. The van der Waals surface area contributed by atoms with Crippen LogP contribution in [0, 0.1) is 11.8 Å². The van der Waals surface area contributed by atoms with E-state index in [1.54, 1.807) is 19.0 Å². The summed E-state index contributed by atoms with van der Waals surface area (Å²) in [5.74, 6) is -6.61. The van der Waals surface area contributed by atoms with E-state index in [1.807, 2.05) is 43.3 Å². The number of benzene rings is 2. The molecule has 47 heavy (non-hydrogen) atoms. The maximum absolute atomic E-state index is 14.3. The Kier molecular flexibility index (Phi) is 8.31. The number of rotatable bonds is 7. The molecule has 2 aromatic carbocycles. The van der Waals surface area contributed by atoms with Crippen LogP contribution in [-0.4, -0.2) is 107 Å². The summed E-state index contributed by atoms with van der Waals surface area (Å²) in [6.45, 7) is 2.58. The first-order chi connectivity index (χ1) is 22.2. The van der Waals surface area contributed by atoms with Gasteiger partial charge in [0.25, 0.3) is 5.91 Å². The van der Waals surface area contributed by atoms with Crippen molar-refractivity contribution in [2.24, 2.45) is 17.6 Å². The molecule has 4 atom stereocenters. The number of Topliss-reactive ketones (excluding diaryl/α,β-unsaturated/α-hetero) is 2. The van der Waals surface area contributed by atoms with Crippen molar-refractivity contribution in [3.8, 4) is 5.75 Å². The summed E-state index contributed by atoms with van der Waals surface area (Å²) in [7, 11) is 6.91. The van der Waals surface area contributed by atoms with Gasteiger partial charge in [-0.1, -0.05) is 30.3 Å². The number of amides is 1. The van der Waals surface area contributed by atoms with E-state index in [0.29, 0.717) is 11.3 Å². The van der Waals surface area contributed by atoms with E-state index >= 15 is 0 Å². The summed E-state index contributed by atoms with van der Waals surface area (Å²) in [5, 5.41) is 49.6. The van der Waals surface area contributed by atoms with Gasteiger partial charge in [-0.3, -0.25) is 24.2 Å². The van der Waals surface area contributed by atoms with Crippen molar-refractivity contribution in [2.75, 3.05) is 51.5 Å². The smallest absolute Gasteiger partial charge is 0.255 e. The molecule has 1 heterocycles. The molecule has 2 aromatic rings. The van der Waals surface area contributed by atoms with Crippen molar-refractivity contribution in [1.29, 1.82) is 0 Å². The molecule has 4 aliphatic rings. The molecule has 3 aliphatic carbocycles. The number of primary amides is 1. The van der Waals surface area contributed by atoms with E-state index in [1.165, 1.54) is 5.56 Å². The number of allylic oxidation sites excluding steroid dienone is 1. The summed E-state index contributed by atoms with van der Waals surface area (Å²) in [5.41, 5.74) is 4.73. The molecule has 12 heteroatoms. The lowest BCUT2D eigenvalue weighted by molar-refractivity contribution is -0.148. The number of hydrogen-bond acceptors (Lipinski definition) is 11. The van der Waals surface area contributed by atoms with Crippen LogP contribution < -0.4 is 16.0 Å². The fourth-order valence-corrected chi connectivity index (χ4v) is 8.10. The Morgan fingerprint density at radius 2 is 1.72 bits per heavy atom. The number of fused-ring (bicyclic) bond motifs is 3. The van der Waals surface area contributed by atoms with E-state index in [0.717, 1.165) is 38.2 Å². The van der Waals surface area contributed by atoms with Gasteiger partial charge in [-0.05, 0) is 62.9 Å². The van der Waals surface area contributed by atoms with Gasteiger partial charge in [-0.25, -0.2) is 0 Å². The van der Waals surface area contributed by atoms with Crippen LogP contribution in [0.15, 0.2) is 59.1 Å². The minimum Gasteiger partial charge on any atom is -0.510 e. The molecule has 0 unspecified atom stereocenters. The second kappa shape index (κ2) is 12.0. The van der Waals surface area contributed by atoms with E-state index in [4.69, 9.17) is 5.73 Å². The van der Waals surface area contributed by atoms with Crippen LogP contribution in [0.4, 0.5) is 11.4 Å². The number of likely N-dealkylation sites (tertiary alicyclic amines) is 1. The van der Waals surface area contributed by atoms with Crippen LogP contribution in [-0.2, 0) is 22.6 Å². The molecule has 1 saturated heterocycles. The zero-order valence-electron chi connectivity index (χ0n) is 27.2. The molecule has 0 radical (unpaired) electrons. The minimum absolute atomic E-state index is 0.000922. The molecule has 0 saturated carbocycles. The van der Waals surface area contributed by atoms with Gasteiger partial charge >= 0.3 is 0 Å². The number of aromatic hydroxyl groups is 1. The van der Waals surface area contributed by atoms with E-state index in [9.17, 15) is 34.8 Å². The number of ketones is 2. The van der Waals surface area contributed by atoms with Gasteiger partial charge in [-0.15, -0.1) is 0 Å². The van der Waals surface area contributed by atoms with Gasteiger partial charge in [0.2, 0.25) is 5.78 Å². The first kappa shape index (κ1) is 32.5. The first-order valence-electron chi connectivity index (χ1n) is 16.0. The highest BCUT2D eigenvalue weighted by molar-refractivity contribution is 6.25. The molecule has 0 spiro atoms. The number of nitrogens with two attached hydrogens (primary N) is 1. The summed E-state index contributed by atoms with van der Waals surface area (Å²) in [4.78, 5) is 46.0. The Labute approximate surface area is 273 Å². The van der Waals surface area contributed by atoms with Crippen molar-refractivity contribution in [2.45, 2.75) is 49.9 Å². The minimum atomic E-state index is -2.67. The topological polar surface area (TPSA) is 180 Å². The second-order valence-electron chi connectivity index (χ2n) is 13.7. The third-order valence-corrected chi connectivity index (χ3v) is 10.4. The van der Waals surface area contributed by atoms with Gasteiger partial charge in [0.05, 0.1) is 17.3 Å². The van der Waals surface area contributed by atoms with Crippen molar-refractivity contribution in [1.82, 2.24) is 9.80 Å². The molecule has 0 aromatic heterocycles. The molecule has 1 fully saturated rings. The van der Waals surface area contributed by atoms with Gasteiger partial charge in [0.1, 0.15) is 22.8 Å². The van der Waals surface area contributed by atoms with Crippen LogP contribution in [0.2, 0.25) is 0 Å². The quantitative estimate of drug-likeness (QED) is 0.192. The Balaban J connectivity index is 1.35. The SMILES string of the molecule is CN(C)c1cc(NC2CCN(Cc3ccccc3)CC2)c(O)c2c1C[C@H]1C[C@H]3[C@@H](N(C)C)C(O)=C(C(N)=O)C(=O)[C@@]3(O)C(O)=C1C2=O. The molecule has 12 nitrogen and oxygen atoms in total. The fraction of sp³-hybridized carbons (Fsp3) is 0.457. The normalized spacial score (nSPS) is 26.6. The summed E-state index contributed by atoms with van der Waals surface area (Å²) < 4.78 is 0. The van der Waals surface area contributed by atoms with Gasteiger partial charge in [-0.2, -0.15) is 0 Å². The average molecular weight is 646 g/mol. The average Bonchev–Trinajstić information content (AvgIpc) is 3.01. The van der Waals surface area contributed by atoms with E-state index in [-0.39, 0.29) is 35.8 Å². The largest absolute Gasteiger partial charge is 0.510 e. The third kappa shape index (κ3) is 5.24. The van der Waals surface area contributed by atoms with Gasteiger partial charge in [0, 0.05) is 56.9 Å². The summed E-state index contributed by atoms with van der Waals surface area (Å²) in [6, 6.07) is 11.1. The molecule has 250 valence electrons. The van der Waals surface area contributed by atoms with Gasteiger partial charge in [0.15, 0.2) is 11.4 Å². The maximum Gasteiger partial charge on any atom is 0.255 e. The lowest BCUT2D eigenvalue weighted by Gasteiger charge is -2.50. The van der Waals surface area contributed by atoms with Crippen LogP contribution in [0.3, 0.4) is 0 Å². The number of aliphatic hydroxyl groups is 3. The van der Waals surface area contributed by atoms with Crippen LogP contribution in [0.5, 0.6) is 5.75 Å². The lowest BCUT2D eigenvalue weighted by Crippen LogP contribution is -2.63. The first-order valence-corrected chi connectivity index (χ1v) is 16.0. The Morgan fingerprint density at radius 3 is 2.32 bits per heavy atom. The lowest BCUT2D eigenvalue weighted by atomic mass is 9.58. The van der Waals surface area contributed by atoms with Crippen LogP contribution in [0.25, 0.3) is 0 Å². The van der Waals surface area contributed by atoms with Crippen LogP contribution in [0.1, 0.15) is 40.7 Å². The fourth-order valence-electron chi connectivity index (χ4n) is 8.10. The van der Waals surface area contributed by atoms with Gasteiger partial charge < -0.3 is 36.4 Å². The zero-order chi connectivity index (χ0) is 33.9. The van der Waals surface area contributed by atoms with E-state index in [2.05, 4.69) is 22.3 Å². The number of aliphatic hydroxyl groups excluding tert-OH is 2. The summed E-state index contributed by atoms with van der Waals surface area (Å²) >= 11 is 0. The van der Waals surface area contributed by atoms with Crippen molar-refractivity contribution in [3.63, 3.8) is 0 Å². The standard InChI is InChI=1S/C35H43N5O7/c1-38(2)24-16-23(37-20-10-12-40(13-11-20)17-18-8-6-5-7-9-18)29(41)26-21(24)14-19-15-22-28(39(3)4)31(43)27(34(36)46)33(45)35(22,47)32(44)25(19)30(26)42/h5-9,16,19-20,22,28,37,41,43-44,47H,10-15,17H2,1-4H3,(H2,36,46)/t19-,22-,28+,35-/m0/s1. The summed E-state index contributed by atoms with van der Waals surface area (Å²) in [6.07, 6.45) is 1.93. The number of phenols is 1. The number of phenolic OH excluding ortho intramolecular Hbond substituents is 1. The van der Waals surface area contributed by atoms with Crippen molar-refractivity contribution in [3.05, 3.63) is 75.8 Å². The number of nitrogens with zero attached hydrogens (tertiary/aromatic N) is 3. The van der Waals surface area contributed by atoms with E-state index < -0.39 is 58.0 Å².